The molecule has 0 aromatic heterocycles. The van der Waals surface area contributed by atoms with Crippen LogP contribution in [0.15, 0.2) is 42.5 Å². The van der Waals surface area contributed by atoms with Gasteiger partial charge in [0.2, 0.25) is 5.91 Å². The molecule has 0 heterocycles. The van der Waals surface area contributed by atoms with Crippen molar-refractivity contribution in [1.29, 1.82) is 0 Å². The summed E-state index contributed by atoms with van der Waals surface area (Å²) in [5.41, 5.74) is 5.47. The first-order valence-electron chi connectivity index (χ1n) is 9.88. The lowest BCUT2D eigenvalue weighted by atomic mass is 9.99. The minimum atomic E-state index is -0.253. The van der Waals surface area contributed by atoms with Gasteiger partial charge in [0.05, 0.1) is 6.54 Å². The standard InChI is InChI=1S/C23H28N2O3/c1-16-5-7-17(8-6-16)11-18(15-26)13-24-22(27)14-25-23(28)21-10-9-19-3-2-4-20(19)12-21/h5-10,12,18,26H,2-4,11,13-15H2,1H3,(H,24,27)(H,25,28)/t18-/m1/s1. The van der Waals surface area contributed by atoms with Gasteiger partial charge in [-0.1, -0.05) is 35.9 Å². The minimum Gasteiger partial charge on any atom is -0.396 e. The number of fused-ring (bicyclic) bond motifs is 1. The van der Waals surface area contributed by atoms with E-state index in [0.717, 1.165) is 24.8 Å². The van der Waals surface area contributed by atoms with E-state index in [1.54, 1.807) is 0 Å². The molecule has 0 bridgehead atoms. The maximum atomic E-state index is 12.3. The van der Waals surface area contributed by atoms with Crippen LogP contribution < -0.4 is 10.6 Å². The Balaban J connectivity index is 1.43. The van der Waals surface area contributed by atoms with E-state index < -0.39 is 0 Å². The van der Waals surface area contributed by atoms with Crippen molar-refractivity contribution in [2.45, 2.75) is 32.6 Å². The number of rotatable bonds is 8. The van der Waals surface area contributed by atoms with Crippen LogP contribution in [0.5, 0.6) is 0 Å². The average molecular weight is 380 g/mol. The Bertz CT molecular complexity index is 830. The fourth-order valence-electron chi connectivity index (χ4n) is 3.56. The van der Waals surface area contributed by atoms with E-state index in [1.807, 2.05) is 49.4 Å². The zero-order chi connectivity index (χ0) is 19.9. The average Bonchev–Trinajstić information content (AvgIpc) is 3.18. The third-order valence-electron chi connectivity index (χ3n) is 5.26. The lowest BCUT2D eigenvalue weighted by Gasteiger charge is -2.15. The number of carbonyl (C=O) groups excluding carboxylic acids is 2. The first-order valence-corrected chi connectivity index (χ1v) is 9.88. The Morgan fingerprint density at radius 1 is 1.04 bits per heavy atom. The molecule has 1 atom stereocenters. The molecule has 0 fully saturated rings. The molecule has 2 aromatic rings. The summed E-state index contributed by atoms with van der Waals surface area (Å²) in [6.45, 7) is 2.33. The highest BCUT2D eigenvalue weighted by Gasteiger charge is 2.15. The van der Waals surface area contributed by atoms with Crippen molar-refractivity contribution in [2.24, 2.45) is 5.92 Å². The molecule has 28 heavy (non-hydrogen) atoms. The van der Waals surface area contributed by atoms with E-state index in [-0.39, 0.29) is 30.9 Å². The van der Waals surface area contributed by atoms with Gasteiger partial charge in [-0.3, -0.25) is 9.59 Å². The van der Waals surface area contributed by atoms with Crippen LogP contribution in [0.1, 0.15) is 39.0 Å². The molecule has 0 aliphatic heterocycles. The van der Waals surface area contributed by atoms with Crippen molar-refractivity contribution in [3.8, 4) is 0 Å². The first kappa shape index (κ1) is 20.1. The number of carbonyl (C=O) groups is 2. The highest BCUT2D eigenvalue weighted by molar-refractivity contribution is 5.96. The fourth-order valence-corrected chi connectivity index (χ4v) is 3.56. The van der Waals surface area contributed by atoms with Gasteiger partial charge in [0.1, 0.15) is 0 Å². The summed E-state index contributed by atoms with van der Waals surface area (Å²) in [7, 11) is 0. The summed E-state index contributed by atoms with van der Waals surface area (Å²) in [5.74, 6) is -0.542. The van der Waals surface area contributed by atoms with Crippen molar-refractivity contribution < 1.29 is 14.7 Å². The number of aliphatic hydroxyl groups is 1. The van der Waals surface area contributed by atoms with Gasteiger partial charge in [0, 0.05) is 24.6 Å². The second kappa shape index (κ2) is 9.51. The van der Waals surface area contributed by atoms with Gasteiger partial charge < -0.3 is 15.7 Å². The van der Waals surface area contributed by atoms with E-state index in [4.69, 9.17) is 0 Å². The molecular formula is C23H28N2O3. The molecule has 2 amide bonds. The molecule has 1 aliphatic rings. The molecule has 0 saturated heterocycles. The Labute approximate surface area is 166 Å². The number of hydrogen-bond donors (Lipinski definition) is 3. The zero-order valence-corrected chi connectivity index (χ0v) is 16.3. The Morgan fingerprint density at radius 2 is 1.79 bits per heavy atom. The van der Waals surface area contributed by atoms with Crippen molar-refractivity contribution in [2.75, 3.05) is 19.7 Å². The number of nitrogens with one attached hydrogen (secondary N) is 2. The van der Waals surface area contributed by atoms with Crippen molar-refractivity contribution in [3.63, 3.8) is 0 Å². The van der Waals surface area contributed by atoms with E-state index in [9.17, 15) is 14.7 Å². The predicted molar refractivity (Wildman–Crippen MR) is 109 cm³/mol. The van der Waals surface area contributed by atoms with Crippen molar-refractivity contribution >= 4 is 11.8 Å². The van der Waals surface area contributed by atoms with Crippen LogP contribution in [0, 0.1) is 12.8 Å². The van der Waals surface area contributed by atoms with Gasteiger partial charge in [-0.05, 0) is 61.4 Å². The Hall–Kier alpha value is -2.66. The molecule has 0 saturated carbocycles. The molecule has 2 aromatic carbocycles. The number of hydrogen-bond acceptors (Lipinski definition) is 3. The normalized spacial score (nSPS) is 13.6. The molecule has 3 N–H and O–H groups in total. The molecule has 5 heteroatoms. The number of aryl methyl sites for hydroxylation is 3. The maximum absolute atomic E-state index is 12.3. The second-order valence-corrected chi connectivity index (χ2v) is 7.56. The third kappa shape index (κ3) is 5.42. The van der Waals surface area contributed by atoms with E-state index in [1.165, 1.54) is 16.7 Å². The fraction of sp³-hybridized carbons (Fsp3) is 0.391. The smallest absolute Gasteiger partial charge is 0.251 e. The molecule has 0 unspecified atom stereocenters. The van der Waals surface area contributed by atoms with Crippen LogP contribution in [0.25, 0.3) is 0 Å². The molecular weight excluding hydrogens is 352 g/mol. The largest absolute Gasteiger partial charge is 0.396 e. The maximum Gasteiger partial charge on any atom is 0.251 e. The summed E-state index contributed by atoms with van der Waals surface area (Å²) >= 11 is 0. The third-order valence-corrected chi connectivity index (χ3v) is 5.26. The highest BCUT2D eigenvalue weighted by Crippen LogP contribution is 2.22. The monoisotopic (exact) mass is 380 g/mol. The van der Waals surface area contributed by atoms with E-state index >= 15 is 0 Å². The lowest BCUT2D eigenvalue weighted by Crippen LogP contribution is -2.39. The van der Waals surface area contributed by atoms with Crippen LogP contribution in [0.4, 0.5) is 0 Å². The Kier molecular flexibility index (Phi) is 6.82. The topological polar surface area (TPSA) is 78.4 Å². The quantitative estimate of drug-likeness (QED) is 0.657. The summed E-state index contributed by atoms with van der Waals surface area (Å²) in [6, 6.07) is 13.9. The first-order chi connectivity index (χ1) is 13.5. The van der Waals surface area contributed by atoms with Crippen molar-refractivity contribution in [3.05, 3.63) is 70.3 Å². The zero-order valence-electron chi connectivity index (χ0n) is 16.3. The predicted octanol–water partition coefficient (Wildman–Crippen LogP) is 2.18. The molecule has 0 spiro atoms. The van der Waals surface area contributed by atoms with E-state index in [2.05, 4.69) is 10.6 Å². The lowest BCUT2D eigenvalue weighted by molar-refractivity contribution is -0.120. The molecule has 3 rings (SSSR count). The molecule has 148 valence electrons. The number of benzene rings is 2. The molecule has 1 aliphatic carbocycles. The number of amides is 2. The van der Waals surface area contributed by atoms with Crippen LogP contribution in [0.2, 0.25) is 0 Å². The van der Waals surface area contributed by atoms with Crippen LogP contribution in [-0.2, 0) is 24.1 Å². The van der Waals surface area contributed by atoms with Crippen LogP contribution >= 0.6 is 0 Å². The minimum absolute atomic E-state index is 0.00432. The summed E-state index contributed by atoms with van der Waals surface area (Å²) in [5, 5.41) is 15.1. The van der Waals surface area contributed by atoms with Gasteiger partial charge in [-0.2, -0.15) is 0 Å². The van der Waals surface area contributed by atoms with Crippen LogP contribution in [-0.4, -0.2) is 36.6 Å². The van der Waals surface area contributed by atoms with Crippen LogP contribution in [0.3, 0.4) is 0 Å². The van der Waals surface area contributed by atoms with Gasteiger partial charge in [0.15, 0.2) is 0 Å². The SMILES string of the molecule is Cc1ccc(C[C@@H](CO)CNC(=O)CNC(=O)c2ccc3c(c2)CCC3)cc1. The summed E-state index contributed by atoms with van der Waals surface area (Å²) in [4.78, 5) is 24.4. The van der Waals surface area contributed by atoms with Gasteiger partial charge in [-0.25, -0.2) is 0 Å². The molecule has 0 radical (unpaired) electrons. The summed E-state index contributed by atoms with van der Waals surface area (Å²) < 4.78 is 0. The second-order valence-electron chi connectivity index (χ2n) is 7.56. The van der Waals surface area contributed by atoms with Gasteiger partial charge in [-0.15, -0.1) is 0 Å². The molecule has 5 nitrogen and oxygen atoms in total. The number of aliphatic hydroxyl groups excluding tert-OH is 1. The highest BCUT2D eigenvalue weighted by atomic mass is 16.3. The van der Waals surface area contributed by atoms with E-state index in [0.29, 0.717) is 18.5 Å². The Morgan fingerprint density at radius 3 is 2.54 bits per heavy atom. The summed E-state index contributed by atoms with van der Waals surface area (Å²) in [6.07, 6.45) is 3.92. The van der Waals surface area contributed by atoms with Crippen molar-refractivity contribution in [1.82, 2.24) is 10.6 Å². The van der Waals surface area contributed by atoms with Gasteiger partial charge >= 0.3 is 0 Å². The van der Waals surface area contributed by atoms with Gasteiger partial charge in [0.25, 0.3) is 5.91 Å².